The fraction of sp³-hybridized carbons (Fsp3) is 0.462. The van der Waals surface area contributed by atoms with Crippen molar-refractivity contribution in [1.82, 2.24) is 0 Å². The molecule has 0 N–H and O–H groups in total. The summed E-state index contributed by atoms with van der Waals surface area (Å²) in [6, 6.07) is 2.40. The molecule has 2 rings (SSSR count). The van der Waals surface area contributed by atoms with Gasteiger partial charge in [-0.25, -0.2) is 13.2 Å². The Morgan fingerprint density at radius 3 is 2.52 bits per heavy atom. The van der Waals surface area contributed by atoms with Gasteiger partial charge in [0, 0.05) is 28.5 Å². The van der Waals surface area contributed by atoms with E-state index < -0.39 is 15.0 Å². The van der Waals surface area contributed by atoms with Gasteiger partial charge in [-0.05, 0) is 24.6 Å². The molecule has 21 heavy (non-hydrogen) atoms. The molecule has 0 amide bonds. The third-order valence-electron chi connectivity index (χ3n) is 3.26. The van der Waals surface area contributed by atoms with Gasteiger partial charge in [-0.1, -0.05) is 11.6 Å². The maximum Gasteiger partial charge on any atom is 0.338 e. The minimum absolute atomic E-state index is 0.105. The number of hydrogen-bond acceptors (Lipinski definition) is 5. The number of carbonyl (C=O) groups excluding carboxylic acids is 1. The van der Waals surface area contributed by atoms with Crippen LogP contribution in [0.1, 0.15) is 28.8 Å². The Morgan fingerprint density at radius 1 is 1.33 bits per heavy atom. The maximum atomic E-state index is 12.2. The fourth-order valence-electron chi connectivity index (χ4n) is 2.02. The minimum atomic E-state index is -3.97. The van der Waals surface area contributed by atoms with E-state index in [1.54, 1.807) is 6.92 Å². The van der Waals surface area contributed by atoms with E-state index in [9.17, 15) is 13.2 Å². The summed E-state index contributed by atoms with van der Waals surface area (Å²) < 4.78 is 33.3. The van der Waals surface area contributed by atoms with Gasteiger partial charge >= 0.3 is 5.97 Å². The number of carbonyl (C=O) groups is 1. The number of benzene rings is 1. The molecule has 116 valence electrons. The van der Waals surface area contributed by atoms with E-state index in [4.69, 9.17) is 31.8 Å². The van der Waals surface area contributed by atoms with Crippen molar-refractivity contribution in [2.45, 2.75) is 30.8 Å². The Labute approximate surface area is 132 Å². The largest absolute Gasteiger partial charge is 0.459 e. The highest BCUT2D eigenvalue weighted by molar-refractivity contribution is 8.13. The highest BCUT2D eigenvalue weighted by Gasteiger charge is 2.23. The third-order valence-corrected chi connectivity index (χ3v) is 4.99. The van der Waals surface area contributed by atoms with Crippen LogP contribution >= 0.6 is 22.3 Å². The van der Waals surface area contributed by atoms with Crippen LogP contribution in [-0.4, -0.2) is 33.7 Å². The molecule has 0 spiro atoms. The zero-order valence-corrected chi connectivity index (χ0v) is 13.6. The van der Waals surface area contributed by atoms with Gasteiger partial charge in [-0.3, -0.25) is 0 Å². The van der Waals surface area contributed by atoms with Crippen molar-refractivity contribution >= 4 is 37.3 Å². The van der Waals surface area contributed by atoms with Crippen LogP contribution in [0, 0.1) is 6.92 Å². The van der Waals surface area contributed by atoms with Crippen molar-refractivity contribution in [1.29, 1.82) is 0 Å². The molecule has 1 aliphatic rings. The molecule has 1 aromatic carbocycles. The molecule has 8 heteroatoms. The van der Waals surface area contributed by atoms with Crippen molar-refractivity contribution < 1.29 is 22.7 Å². The summed E-state index contributed by atoms with van der Waals surface area (Å²) in [6.07, 6.45) is 0.999. The Bertz CT molecular complexity index is 651. The summed E-state index contributed by atoms with van der Waals surface area (Å²) in [6.45, 7) is 2.69. The molecule has 1 aromatic rings. The topological polar surface area (TPSA) is 69.7 Å². The van der Waals surface area contributed by atoms with Crippen molar-refractivity contribution in [3.05, 3.63) is 28.3 Å². The second-order valence-electron chi connectivity index (χ2n) is 4.73. The average molecular weight is 353 g/mol. The van der Waals surface area contributed by atoms with Crippen LogP contribution in [0.5, 0.6) is 0 Å². The van der Waals surface area contributed by atoms with Gasteiger partial charge in [0.15, 0.2) is 0 Å². The Morgan fingerprint density at radius 2 is 1.95 bits per heavy atom. The predicted octanol–water partition coefficient (Wildman–Crippen LogP) is 2.91. The first-order valence-corrected chi connectivity index (χ1v) is 9.01. The summed E-state index contributed by atoms with van der Waals surface area (Å²) in [5.41, 5.74) is 0.561. The van der Waals surface area contributed by atoms with Gasteiger partial charge in [0.05, 0.1) is 23.7 Å². The molecule has 0 aromatic heterocycles. The standard InChI is InChI=1S/C13H14Cl2O5S/c1-8-11(6-10(7-12(8)14)21(15,17)18)13(16)20-9-2-4-19-5-3-9/h6-7,9H,2-5H2,1H3. The average Bonchev–Trinajstić information content (AvgIpc) is 2.41. The first-order chi connectivity index (χ1) is 9.79. The Balaban J connectivity index is 2.29. The summed E-state index contributed by atoms with van der Waals surface area (Å²) >= 11 is 5.96. The molecule has 0 aliphatic carbocycles. The van der Waals surface area contributed by atoms with E-state index in [1.807, 2.05) is 0 Å². The molecular formula is C13H14Cl2O5S. The maximum absolute atomic E-state index is 12.2. The fourth-order valence-corrected chi connectivity index (χ4v) is 3.08. The van der Waals surface area contributed by atoms with Gasteiger partial charge in [-0.15, -0.1) is 0 Å². The van der Waals surface area contributed by atoms with Gasteiger partial charge in [0.2, 0.25) is 0 Å². The molecule has 1 aliphatic heterocycles. The predicted molar refractivity (Wildman–Crippen MR) is 78.5 cm³/mol. The SMILES string of the molecule is Cc1c(Cl)cc(S(=O)(=O)Cl)cc1C(=O)OC1CCOCC1. The van der Waals surface area contributed by atoms with Crippen LogP contribution in [0.3, 0.4) is 0 Å². The number of halogens is 2. The first kappa shape index (κ1) is 16.5. The molecule has 1 heterocycles. The van der Waals surface area contributed by atoms with Crippen LogP contribution < -0.4 is 0 Å². The van der Waals surface area contributed by atoms with E-state index in [0.717, 1.165) is 0 Å². The zero-order valence-electron chi connectivity index (χ0n) is 11.3. The summed E-state index contributed by atoms with van der Waals surface area (Å²) in [7, 11) is 1.33. The van der Waals surface area contributed by atoms with Crippen LogP contribution in [0.4, 0.5) is 0 Å². The lowest BCUT2D eigenvalue weighted by atomic mass is 10.1. The van der Waals surface area contributed by atoms with Crippen molar-refractivity contribution in [2.24, 2.45) is 0 Å². The molecule has 0 bridgehead atoms. The van der Waals surface area contributed by atoms with Crippen LogP contribution in [0.25, 0.3) is 0 Å². The van der Waals surface area contributed by atoms with E-state index in [2.05, 4.69) is 0 Å². The Hall–Kier alpha value is -0.820. The second kappa shape index (κ2) is 6.52. The monoisotopic (exact) mass is 352 g/mol. The van der Waals surface area contributed by atoms with Gasteiger partial charge in [0.1, 0.15) is 6.10 Å². The quantitative estimate of drug-likeness (QED) is 0.617. The van der Waals surface area contributed by atoms with Crippen molar-refractivity contribution in [3.63, 3.8) is 0 Å². The highest BCUT2D eigenvalue weighted by atomic mass is 35.7. The number of ether oxygens (including phenoxy) is 2. The van der Waals surface area contributed by atoms with Crippen molar-refractivity contribution in [3.8, 4) is 0 Å². The van der Waals surface area contributed by atoms with Crippen LogP contribution in [-0.2, 0) is 18.5 Å². The molecule has 0 atom stereocenters. The van der Waals surface area contributed by atoms with Gasteiger partial charge < -0.3 is 9.47 Å². The minimum Gasteiger partial charge on any atom is -0.459 e. The number of rotatable bonds is 3. The molecule has 0 saturated carbocycles. The van der Waals surface area contributed by atoms with Crippen molar-refractivity contribution in [2.75, 3.05) is 13.2 Å². The summed E-state index contributed by atoms with van der Waals surface area (Å²) in [4.78, 5) is 12.0. The molecule has 1 saturated heterocycles. The van der Waals surface area contributed by atoms with Crippen LogP contribution in [0.15, 0.2) is 17.0 Å². The molecule has 5 nitrogen and oxygen atoms in total. The normalized spacial score (nSPS) is 16.7. The first-order valence-electron chi connectivity index (χ1n) is 6.32. The number of esters is 1. The smallest absolute Gasteiger partial charge is 0.338 e. The summed E-state index contributed by atoms with van der Waals surface area (Å²) in [5.74, 6) is -0.608. The molecule has 0 unspecified atom stereocenters. The Kier molecular flexibility index (Phi) is 5.14. The lowest BCUT2D eigenvalue weighted by Crippen LogP contribution is -2.26. The van der Waals surface area contributed by atoms with Gasteiger partial charge in [-0.2, -0.15) is 0 Å². The van der Waals surface area contributed by atoms with E-state index >= 15 is 0 Å². The molecule has 0 radical (unpaired) electrons. The lowest BCUT2D eigenvalue weighted by molar-refractivity contribution is -0.0159. The van der Waals surface area contributed by atoms with Gasteiger partial charge in [0.25, 0.3) is 9.05 Å². The lowest BCUT2D eigenvalue weighted by Gasteiger charge is -2.22. The van der Waals surface area contributed by atoms with E-state index in [-0.39, 0.29) is 21.6 Å². The second-order valence-corrected chi connectivity index (χ2v) is 7.71. The van der Waals surface area contributed by atoms with E-state index in [0.29, 0.717) is 31.6 Å². The summed E-state index contributed by atoms with van der Waals surface area (Å²) in [5, 5.41) is 0.149. The number of hydrogen-bond donors (Lipinski definition) is 0. The van der Waals surface area contributed by atoms with E-state index in [1.165, 1.54) is 12.1 Å². The molecular weight excluding hydrogens is 339 g/mol. The highest BCUT2D eigenvalue weighted by Crippen LogP contribution is 2.27. The zero-order chi connectivity index (χ0) is 15.6. The molecule has 1 fully saturated rings. The van der Waals surface area contributed by atoms with Crippen LogP contribution in [0.2, 0.25) is 5.02 Å². The third kappa shape index (κ3) is 4.10.